The summed E-state index contributed by atoms with van der Waals surface area (Å²) in [6.45, 7) is 5.28. The number of piperazine rings is 1. The van der Waals surface area contributed by atoms with E-state index in [0.717, 1.165) is 48.6 Å². The lowest BCUT2D eigenvalue weighted by Gasteiger charge is -2.36. The van der Waals surface area contributed by atoms with Gasteiger partial charge in [0.1, 0.15) is 11.4 Å². The predicted octanol–water partition coefficient (Wildman–Crippen LogP) is 3.02. The van der Waals surface area contributed by atoms with Crippen molar-refractivity contribution in [3.63, 3.8) is 0 Å². The summed E-state index contributed by atoms with van der Waals surface area (Å²) in [6, 6.07) is 13.2. The molecule has 3 heterocycles. The van der Waals surface area contributed by atoms with Crippen molar-refractivity contribution in [3.05, 3.63) is 64.6 Å². The van der Waals surface area contributed by atoms with Crippen LogP contribution in [0.15, 0.2) is 57.9 Å². The van der Waals surface area contributed by atoms with E-state index in [1.54, 1.807) is 0 Å². The maximum atomic E-state index is 11.6. The lowest BCUT2D eigenvalue weighted by atomic mass is 10.1. The summed E-state index contributed by atoms with van der Waals surface area (Å²) in [5.74, 6) is 0.996. The lowest BCUT2D eigenvalue weighted by Crippen LogP contribution is -2.50. The normalized spacial score (nSPS) is 14.4. The van der Waals surface area contributed by atoms with Crippen LogP contribution in [0.4, 0.5) is 11.5 Å². The number of benzene rings is 1. The molecule has 4 rings (SSSR count). The highest BCUT2D eigenvalue weighted by Gasteiger charge is 2.20. The largest absolute Gasteiger partial charge is 0.423 e. The molecule has 7 heteroatoms. The molecule has 1 N–H and O–H groups in total. The first-order valence-electron chi connectivity index (χ1n) is 8.86. The van der Waals surface area contributed by atoms with Gasteiger partial charge in [-0.15, -0.1) is 0 Å². The monoisotopic (exact) mass is 380 g/mol. The molecule has 138 valence electrons. The van der Waals surface area contributed by atoms with Crippen LogP contribution in [0, 0.1) is 6.92 Å². The van der Waals surface area contributed by atoms with Crippen LogP contribution < -0.4 is 15.8 Å². The second-order valence-corrected chi connectivity index (χ2v) is 6.94. The maximum Gasteiger partial charge on any atom is 0.336 e. The Morgan fingerprint density at radius 3 is 2.70 bits per heavy atom. The van der Waals surface area contributed by atoms with Crippen molar-refractivity contribution in [2.24, 2.45) is 0 Å². The number of aryl methyl sites for hydroxylation is 1. The fourth-order valence-electron chi connectivity index (χ4n) is 3.28. The van der Waals surface area contributed by atoms with Gasteiger partial charge >= 0.3 is 5.63 Å². The molecule has 0 amide bonds. The second kappa shape index (κ2) is 7.36. The summed E-state index contributed by atoms with van der Waals surface area (Å²) < 4.78 is 5.31. The van der Waals surface area contributed by atoms with Gasteiger partial charge in [0.25, 0.3) is 0 Å². The Balaban J connectivity index is 1.42. The molecule has 1 saturated heterocycles. The third-order valence-corrected chi connectivity index (χ3v) is 5.10. The first-order chi connectivity index (χ1) is 13.1. The number of fused-ring (bicyclic) bond motifs is 1. The molecule has 1 aliphatic rings. The van der Waals surface area contributed by atoms with E-state index in [4.69, 9.17) is 16.6 Å². The van der Waals surface area contributed by atoms with E-state index < -0.39 is 0 Å². The van der Waals surface area contributed by atoms with Crippen molar-refractivity contribution in [2.45, 2.75) is 6.92 Å². The molecule has 6 nitrogen and oxygen atoms in total. The Morgan fingerprint density at radius 1 is 1.15 bits per heavy atom. The first-order valence-corrected chi connectivity index (χ1v) is 9.27. The number of rotatable bonds is 2. The molecule has 0 aliphatic carbocycles. The molecule has 0 bridgehead atoms. The number of aromatic nitrogens is 1. The lowest BCUT2D eigenvalue weighted by molar-refractivity contribution is 0.389. The van der Waals surface area contributed by atoms with Crippen LogP contribution in [0.25, 0.3) is 11.0 Å². The van der Waals surface area contributed by atoms with Crippen LogP contribution in [0.1, 0.15) is 5.56 Å². The van der Waals surface area contributed by atoms with Crippen LogP contribution in [-0.4, -0.2) is 41.2 Å². The summed E-state index contributed by atoms with van der Waals surface area (Å²) >= 11 is 5.57. The molecule has 0 radical (unpaired) electrons. The van der Waals surface area contributed by atoms with Crippen molar-refractivity contribution < 1.29 is 4.42 Å². The predicted molar refractivity (Wildman–Crippen MR) is 111 cm³/mol. The highest BCUT2D eigenvalue weighted by atomic mass is 32.1. The van der Waals surface area contributed by atoms with Crippen molar-refractivity contribution in [1.29, 1.82) is 0 Å². The third-order valence-electron chi connectivity index (χ3n) is 4.74. The number of thiocarbonyl (C=S) groups is 1. The minimum Gasteiger partial charge on any atom is -0.423 e. The zero-order chi connectivity index (χ0) is 18.8. The fraction of sp³-hybridized carbons (Fsp3) is 0.250. The average Bonchev–Trinajstić information content (AvgIpc) is 2.68. The highest BCUT2D eigenvalue weighted by Crippen LogP contribution is 2.21. The van der Waals surface area contributed by atoms with Gasteiger partial charge in [-0.1, -0.05) is 6.07 Å². The topological polar surface area (TPSA) is 61.6 Å². The van der Waals surface area contributed by atoms with E-state index in [-0.39, 0.29) is 5.63 Å². The second-order valence-electron chi connectivity index (χ2n) is 6.55. The van der Waals surface area contributed by atoms with E-state index >= 15 is 0 Å². The van der Waals surface area contributed by atoms with Crippen LogP contribution in [0.3, 0.4) is 0 Å². The Hall–Kier alpha value is -2.93. The molecule has 3 aromatic rings. The molecule has 1 aromatic carbocycles. The number of pyridine rings is 1. The molecule has 0 saturated carbocycles. The number of hydrogen-bond acceptors (Lipinski definition) is 5. The average molecular weight is 380 g/mol. The summed E-state index contributed by atoms with van der Waals surface area (Å²) in [4.78, 5) is 20.4. The molecule has 0 spiro atoms. The van der Waals surface area contributed by atoms with E-state index in [1.165, 1.54) is 6.07 Å². The van der Waals surface area contributed by atoms with E-state index in [9.17, 15) is 4.79 Å². The number of nitrogens with one attached hydrogen (secondary N) is 1. The van der Waals surface area contributed by atoms with Gasteiger partial charge in [0, 0.05) is 55.6 Å². The van der Waals surface area contributed by atoms with Crippen LogP contribution in [-0.2, 0) is 0 Å². The van der Waals surface area contributed by atoms with Crippen molar-refractivity contribution in [3.8, 4) is 0 Å². The summed E-state index contributed by atoms with van der Waals surface area (Å²) in [5.41, 5.74) is 1.94. The van der Waals surface area contributed by atoms with Crippen LogP contribution in [0.5, 0.6) is 0 Å². The Bertz CT molecular complexity index is 1030. The van der Waals surface area contributed by atoms with E-state index in [1.807, 2.05) is 49.5 Å². The van der Waals surface area contributed by atoms with Crippen LogP contribution >= 0.6 is 12.2 Å². The summed E-state index contributed by atoms with van der Waals surface area (Å²) in [6.07, 6.45) is 1.81. The summed E-state index contributed by atoms with van der Waals surface area (Å²) in [5, 5.41) is 4.86. The van der Waals surface area contributed by atoms with Gasteiger partial charge < -0.3 is 19.5 Å². The van der Waals surface area contributed by atoms with Crippen molar-refractivity contribution in [2.75, 3.05) is 36.4 Å². The number of anilines is 2. The third kappa shape index (κ3) is 3.78. The molecule has 0 unspecified atom stereocenters. The molecule has 2 aromatic heterocycles. The van der Waals surface area contributed by atoms with Crippen molar-refractivity contribution >= 4 is 39.8 Å². The number of nitrogens with zero attached hydrogens (tertiary/aromatic N) is 3. The van der Waals surface area contributed by atoms with E-state index in [0.29, 0.717) is 10.7 Å². The van der Waals surface area contributed by atoms with Gasteiger partial charge in [0.15, 0.2) is 5.11 Å². The van der Waals surface area contributed by atoms with Crippen LogP contribution in [0.2, 0.25) is 0 Å². The molecule has 27 heavy (non-hydrogen) atoms. The van der Waals surface area contributed by atoms with Gasteiger partial charge in [0.2, 0.25) is 0 Å². The van der Waals surface area contributed by atoms with Gasteiger partial charge in [-0.05, 0) is 49.0 Å². The SMILES string of the molecule is Cc1cc(=O)oc2cc(NC(=S)N3CCN(c4ccccn4)CC3)ccc12. The Morgan fingerprint density at radius 2 is 1.96 bits per heavy atom. The molecule has 0 atom stereocenters. The van der Waals surface area contributed by atoms with Gasteiger partial charge in [-0.3, -0.25) is 0 Å². The Kier molecular flexibility index (Phi) is 4.77. The first kappa shape index (κ1) is 17.5. The highest BCUT2D eigenvalue weighted by molar-refractivity contribution is 7.80. The smallest absolute Gasteiger partial charge is 0.336 e. The minimum atomic E-state index is -0.342. The minimum absolute atomic E-state index is 0.342. The van der Waals surface area contributed by atoms with Gasteiger partial charge in [-0.25, -0.2) is 9.78 Å². The zero-order valence-corrected chi connectivity index (χ0v) is 15.8. The maximum absolute atomic E-state index is 11.6. The van der Waals surface area contributed by atoms with E-state index in [2.05, 4.69) is 20.1 Å². The molecule has 1 aliphatic heterocycles. The zero-order valence-electron chi connectivity index (χ0n) is 15.0. The fourth-order valence-corrected chi connectivity index (χ4v) is 3.59. The Labute approximate surface area is 162 Å². The molecular weight excluding hydrogens is 360 g/mol. The molecule has 1 fully saturated rings. The van der Waals surface area contributed by atoms with Gasteiger partial charge in [0.05, 0.1) is 0 Å². The van der Waals surface area contributed by atoms with Crippen molar-refractivity contribution in [1.82, 2.24) is 9.88 Å². The standard InChI is InChI=1S/C20H20N4O2S/c1-14-12-19(25)26-17-13-15(5-6-16(14)17)22-20(27)24-10-8-23(9-11-24)18-4-2-3-7-21-18/h2-7,12-13H,8-11H2,1H3,(H,22,27). The molecular formula is C20H20N4O2S. The quantitative estimate of drug-likeness (QED) is 0.542. The number of hydrogen-bond donors (Lipinski definition) is 1. The summed E-state index contributed by atoms with van der Waals surface area (Å²) in [7, 11) is 0. The van der Waals surface area contributed by atoms with Gasteiger partial charge in [-0.2, -0.15) is 0 Å².